The second-order valence-electron chi connectivity index (χ2n) is 4.88. The van der Waals surface area contributed by atoms with Crippen molar-refractivity contribution in [1.82, 2.24) is 15.2 Å². The number of rotatable bonds is 4. The average Bonchev–Trinajstić information content (AvgIpc) is 2.96. The van der Waals surface area contributed by atoms with E-state index in [0.717, 1.165) is 0 Å². The number of likely N-dealkylation sites (N-methyl/N-ethyl adjacent to an activating group) is 1. The molecule has 1 aromatic heterocycles. The van der Waals surface area contributed by atoms with E-state index in [0.29, 0.717) is 19.6 Å². The van der Waals surface area contributed by atoms with Crippen LogP contribution < -0.4 is 10.2 Å². The zero-order valence-corrected chi connectivity index (χ0v) is 12.5. The summed E-state index contributed by atoms with van der Waals surface area (Å²) in [4.78, 5) is 31.2. The Balaban J connectivity index is 2.18. The Morgan fingerprint density at radius 2 is 2.33 bits per heavy atom. The summed E-state index contributed by atoms with van der Waals surface area (Å²) in [5.41, 5.74) is 0.112. The highest BCUT2D eigenvalue weighted by atomic mass is 16.5. The van der Waals surface area contributed by atoms with Gasteiger partial charge in [0.25, 0.3) is 6.01 Å². The molecule has 1 unspecified atom stereocenters. The van der Waals surface area contributed by atoms with Crippen LogP contribution in [-0.4, -0.2) is 68.1 Å². The molecule has 1 aliphatic heterocycles. The molecule has 0 aromatic carbocycles. The quantitative estimate of drug-likeness (QED) is 0.764. The average molecular weight is 296 g/mol. The van der Waals surface area contributed by atoms with Crippen molar-refractivity contribution in [3.05, 3.63) is 12.0 Å². The van der Waals surface area contributed by atoms with Gasteiger partial charge in [0.2, 0.25) is 5.91 Å². The Morgan fingerprint density at radius 1 is 1.57 bits per heavy atom. The van der Waals surface area contributed by atoms with Crippen molar-refractivity contribution in [2.45, 2.75) is 13.0 Å². The van der Waals surface area contributed by atoms with Gasteiger partial charge in [-0.3, -0.25) is 4.79 Å². The van der Waals surface area contributed by atoms with Crippen LogP contribution in [-0.2, 0) is 9.53 Å². The Morgan fingerprint density at radius 3 is 3.00 bits per heavy atom. The van der Waals surface area contributed by atoms with Crippen LogP contribution in [0.25, 0.3) is 0 Å². The largest absolute Gasteiger partial charge is 0.461 e. The molecule has 1 aliphatic rings. The minimum absolute atomic E-state index is 0.0434. The third kappa shape index (κ3) is 3.33. The van der Waals surface area contributed by atoms with Crippen molar-refractivity contribution in [2.75, 3.05) is 45.2 Å². The van der Waals surface area contributed by atoms with Gasteiger partial charge in [-0.1, -0.05) is 0 Å². The highest BCUT2D eigenvalue weighted by Crippen LogP contribution is 2.19. The molecule has 1 amide bonds. The number of hydrogen-bond donors (Lipinski definition) is 1. The number of piperazine rings is 1. The number of carbonyl (C=O) groups excluding carboxylic acids is 2. The molecule has 1 aromatic rings. The summed E-state index contributed by atoms with van der Waals surface area (Å²) in [6, 6.07) is -0.137. The van der Waals surface area contributed by atoms with Gasteiger partial charge >= 0.3 is 5.97 Å². The number of carbonyl (C=O) groups is 2. The topological polar surface area (TPSA) is 87.9 Å². The van der Waals surface area contributed by atoms with Crippen molar-refractivity contribution < 1.29 is 18.7 Å². The third-order valence-electron chi connectivity index (χ3n) is 3.19. The lowest BCUT2D eigenvalue weighted by molar-refractivity contribution is -0.130. The van der Waals surface area contributed by atoms with Crippen LogP contribution in [0.15, 0.2) is 10.7 Å². The summed E-state index contributed by atoms with van der Waals surface area (Å²) >= 11 is 0. The van der Waals surface area contributed by atoms with Crippen molar-refractivity contribution >= 4 is 17.9 Å². The number of aromatic nitrogens is 1. The molecule has 21 heavy (non-hydrogen) atoms. The standard InChI is InChI=1S/C13H20N4O4/c1-4-20-12(19)9-8-21-13(15-9)17-6-5-14-7-10(17)11(18)16(2)3/h8,10,14H,4-7H2,1-3H3. The minimum Gasteiger partial charge on any atom is -0.461 e. The number of oxazole rings is 1. The van der Waals surface area contributed by atoms with Crippen LogP contribution in [0.1, 0.15) is 17.4 Å². The Labute approximate surface area is 123 Å². The van der Waals surface area contributed by atoms with Crippen molar-refractivity contribution in [2.24, 2.45) is 0 Å². The highest BCUT2D eigenvalue weighted by Gasteiger charge is 2.33. The number of ether oxygens (including phenoxy) is 1. The summed E-state index contributed by atoms with van der Waals surface area (Å²) in [6.45, 7) is 3.80. The van der Waals surface area contributed by atoms with E-state index in [2.05, 4.69) is 10.3 Å². The zero-order chi connectivity index (χ0) is 15.4. The number of hydrogen-bond acceptors (Lipinski definition) is 7. The first-order valence-corrected chi connectivity index (χ1v) is 6.85. The summed E-state index contributed by atoms with van der Waals surface area (Å²) in [7, 11) is 3.41. The van der Waals surface area contributed by atoms with Crippen molar-refractivity contribution in [1.29, 1.82) is 0 Å². The van der Waals surface area contributed by atoms with E-state index in [4.69, 9.17) is 9.15 Å². The Hall–Kier alpha value is -2.09. The van der Waals surface area contributed by atoms with E-state index in [-0.39, 0.29) is 24.2 Å². The van der Waals surface area contributed by atoms with E-state index < -0.39 is 12.0 Å². The Kier molecular flexibility index (Phi) is 4.79. The van der Waals surface area contributed by atoms with Gasteiger partial charge < -0.3 is 24.3 Å². The van der Waals surface area contributed by atoms with Gasteiger partial charge in [-0.25, -0.2) is 4.79 Å². The van der Waals surface area contributed by atoms with Gasteiger partial charge in [0.1, 0.15) is 12.3 Å². The SMILES string of the molecule is CCOC(=O)c1coc(N2CCNCC2C(=O)N(C)C)n1. The maximum Gasteiger partial charge on any atom is 0.360 e. The first-order chi connectivity index (χ1) is 10.0. The maximum atomic E-state index is 12.2. The summed E-state index contributed by atoms with van der Waals surface area (Å²) in [5, 5.41) is 3.17. The molecule has 1 atom stereocenters. The predicted molar refractivity (Wildman–Crippen MR) is 75.2 cm³/mol. The minimum atomic E-state index is -0.530. The van der Waals surface area contributed by atoms with Gasteiger partial charge in [0.05, 0.1) is 6.61 Å². The molecule has 8 heteroatoms. The normalized spacial score (nSPS) is 18.4. The van der Waals surface area contributed by atoms with Crippen LogP contribution in [0.4, 0.5) is 6.01 Å². The van der Waals surface area contributed by atoms with Crippen LogP contribution >= 0.6 is 0 Å². The molecule has 0 aliphatic carbocycles. The molecule has 2 rings (SSSR count). The molecule has 0 spiro atoms. The molecule has 0 radical (unpaired) electrons. The first-order valence-electron chi connectivity index (χ1n) is 6.85. The van der Waals surface area contributed by atoms with Gasteiger partial charge in [-0.2, -0.15) is 4.98 Å². The van der Waals surface area contributed by atoms with Gasteiger partial charge in [-0.05, 0) is 6.92 Å². The second-order valence-corrected chi connectivity index (χ2v) is 4.88. The fraction of sp³-hybridized carbons (Fsp3) is 0.615. The molecular weight excluding hydrogens is 276 g/mol. The van der Waals surface area contributed by atoms with E-state index >= 15 is 0 Å². The molecule has 8 nitrogen and oxygen atoms in total. The second kappa shape index (κ2) is 6.57. The third-order valence-corrected chi connectivity index (χ3v) is 3.19. The first kappa shape index (κ1) is 15.3. The summed E-state index contributed by atoms with van der Waals surface area (Å²) in [5.74, 6) is -0.573. The van der Waals surface area contributed by atoms with Crippen LogP contribution in [0, 0.1) is 0 Å². The monoisotopic (exact) mass is 296 g/mol. The molecule has 1 N–H and O–H groups in total. The van der Waals surface area contributed by atoms with E-state index in [1.807, 2.05) is 0 Å². The van der Waals surface area contributed by atoms with Gasteiger partial charge in [0.15, 0.2) is 5.69 Å². The van der Waals surface area contributed by atoms with E-state index in [1.54, 1.807) is 25.9 Å². The van der Waals surface area contributed by atoms with Crippen LogP contribution in [0.2, 0.25) is 0 Å². The predicted octanol–water partition coefficient (Wildman–Crippen LogP) is -0.282. The van der Waals surface area contributed by atoms with Crippen molar-refractivity contribution in [3.63, 3.8) is 0 Å². The number of nitrogens with zero attached hydrogens (tertiary/aromatic N) is 3. The lowest BCUT2D eigenvalue weighted by atomic mass is 10.2. The molecule has 116 valence electrons. The lowest BCUT2D eigenvalue weighted by Gasteiger charge is -2.35. The molecule has 1 fully saturated rings. The summed E-state index contributed by atoms with van der Waals surface area (Å²) < 4.78 is 10.2. The molecule has 2 heterocycles. The van der Waals surface area contributed by atoms with Gasteiger partial charge in [0, 0.05) is 33.7 Å². The van der Waals surface area contributed by atoms with E-state index in [9.17, 15) is 9.59 Å². The lowest BCUT2D eigenvalue weighted by Crippen LogP contribution is -2.58. The van der Waals surface area contributed by atoms with Gasteiger partial charge in [-0.15, -0.1) is 0 Å². The number of amides is 1. The highest BCUT2D eigenvalue weighted by molar-refractivity contribution is 5.88. The Bertz CT molecular complexity index is 514. The fourth-order valence-corrected chi connectivity index (χ4v) is 2.15. The number of nitrogens with one attached hydrogen (secondary N) is 1. The molecule has 1 saturated heterocycles. The maximum absolute atomic E-state index is 12.2. The summed E-state index contributed by atoms with van der Waals surface area (Å²) in [6.07, 6.45) is 1.26. The molecule has 0 bridgehead atoms. The fourth-order valence-electron chi connectivity index (χ4n) is 2.15. The van der Waals surface area contributed by atoms with Crippen molar-refractivity contribution in [3.8, 4) is 0 Å². The smallest absolute Gasteiger partial charge is 0.360 e. The zero-order valence-electron chi connectivity index (χ0n) is 12.5. The van der Waals surface area contributed by atoms with Crippen LogP contribution in [0.3, 0.4) is 0 Å². The van der Waals surface area contributed by atoms with Crippen LogP contribution in [0.5, 0.6) is 0 Å². The molecule has 0 saturated carbocycles. The molecular formula is C13H20N4O4. The number of anilines is 1. The van der Waals surface area contributed by atoms with E-state index in [1.165, 1.54) is 11.2 Å². The number of esters is 1.